The van der Waals surface area contributed by atoms with E-state index in [1.807, 2.05) is 30.3 Å². The molecule has 2 heteroatoms. The molecule has 0 aromatic heterocycles. The Bertz CT molecular complexity index is 354. The number of hydrogen-bond acceptors (Lipinski definition) is 2. The van der Waals surface area contributed by atoms with Gasteiger partial charge in [0, 0.05) is 18.0 Å². The molecule has 0 N–H and O–H groups in total. The minimum atomic E-state index is 0.162. The van der Waals surface area contributed by atoms with E-state index < -0.39 is 0 Å². The topological polar surface area (TPSA) is 20.3 Å². The fourth-order valence-electron chi connectivity index (χ4n) is 2.51. The molecule has 0 amide bonds. The molecule has 1 atom stereocenters. The number of benzene rings is 1. The molecule has 0 saturated carbocycles. The fraction of sp³-hybridized carbons (Fsp3) is 0.533. The Morgan fingerprint density at radius 1 is 1.24 bits per heavy atom. The van der Waals surface area contributed by atoms with Gasteiger partial charge in [-0.15, -0.1) is 0 Å². The van der Waals surface area contributed by atoms with Crippen LogP contribution in [0.2, 0.25) is 0 Å². The Hall–Kier alpha value is -1.15. The van der Waals surface area contributed by atoms with E-state index >= 15 is 0 Å². The van der Waals surface area contributed by atoms with Gasteiger partial charge in [-0.05, 0) is 32.4 Å². The van der Waals surface area contributed by atoms with Crippen LogP contribution in [0.1, 0.15) is 36.5 Å². The van der Waals surface area contributed by atoms with Gasteiger partial charge in [-0.1, -0.05) is 37.3 Å². The summed E-state index contributed by atoms with van der Waals surface area (Å²) >= 11 is 0. The van der Waals surface area contributed by atoms with Gasteiger partial charge in [0.05, 0.1) is 0 Å². The van der Waals surface area contributed by atoms with Crippen LogP contribution in [0.3, 0.4) is 0 Å². The van der Waals surface area contributed by atoms with Gasteiger partial charge in [-0.25, -0.2) is 0 Å². The van der Waals surface area contributed by atoms with E-state index in [9.17, 15) is 4.79 Å². The largest absolute Gasteiger partial charge is 0.303 e. The van der Waals surface area contributed by atoms with Crippen molar-refractivity contribution in [2.75, 3.05) is 19.6 Å². The van der Waals surface area contributed by atoms with Crippen LogP contribution in [-0.4, -0.2) is 30.3 Å². The van der Waals surface area contributed by atoms with E-state index in [2.05, 4.69) is 11.8 Å². The molecule has 1 heterocycles. The molecule has 1 fully saturated rings. The number of Topliss-reactive ketones (excluding diaryl/α,β-unsaturated/α-hetero) is 1. The van der Waals surface area contributed by atoms with E-state index in [0.29, 0.717) is 5.78 Å². The standard InChI is InChI=1S/C15H21NO/c1-2-13(12-16-10-6-7-11-16)15(17)14-8-4-3-5-9-14/h3-5,8-9,13H,2,6-7,10-12H2,1H3. The third-order valence-electron chi connectivity index (χ3n) is 3.60. The summed E-state index contributed by atoms with van der Waals surface area (Å²) in [5.41, 5.74) is 0.860. The summed E-state index contributed by atoms with van der Waals surface area (Å²) in [6.45, 7) is 5.38. The molecule has 17 heavy (non-hydrogen) atoms. The molecule has 92 valence electrons. The lowest BCUT2D eigenvalue weighted by atomic mass is 9.95. The van der Waals surface area contributed by atoms with Gasteiger partial charge >= 0.3 is 0 Å². The van der Waals surface area contributed by atoms with E-state index in [1.165, 1.54) is 25.9 Å². The van der Waals surface area contributed by atoms with E-state index in [0.717, 1.165) is 18.5 Å². The maximum absolute atomic E-state index is 12.3. The first-order valence-corrected chi connectivity index (χ1v) is 6.63. The summed E-state index contributed by atoms with van der Waals surface area (Å²) in [5.74, 6) is 0.468. The van der Waals surface area contributed by atoms with Gasteiger partial charge in [-0.3, -0.25) is 4.79 Å². The first-order valence-electron chi connectivity index (χ1n) is 6.63. The third-order valence-corrected chi connectivity index (χ3v) is 3.60. The quantitative estimate of drug-likeness (QED) is 0.726. The second-order valence-corrected chi connectivity index (χ2v) is 4.84. The highest BCUT2D eigenvalue weighted by atomic mass is 16.1. The van der Waals surface area contributed by atoms with Crippen LogP contribution in [0.25, 0.3) is 0 Å². The Labute approximate surface area is 104 Å². The first-order chi connectivity index (χ1) is 8.31. The van der Waals surface area contributed by atoms with Gasteiger partial charge < -0.3 is 4.90 Å². The molecule has 0 aliphatic carbocycles. The highest BCUT2D eigenvalue weighted by molar-refractivity contribution is 5.97. The number of nitrogens with zero attached hydrogens (tertiary/aromatic N) is 1. The van der Waals surface area contributed by atoms with Crippen molar-refractivity contribution in [1.29, 1.82) is 0 Å². The second kappa shape index (κ2) is 5.97. The summed E-state index contributed by atoms with van der Waals surface area (Å²) in [4.78, 5) is 14.8. The minimum absolute atomic E-state index is 0.162. The molecule has 1 aliphatic rings. The van der Waals surface area contributed by atoms with Crippen molar-refractivity contribution in [2.45, 2.75) is 26.2 Å². The van der Waals surface area contributed by atoms with Crippen LogP contribution in [0.4, 0.5) is 0 Å². The van der Waals surface area contributed by atoms with Crippen LogP contribution in [0.5, 0.6) is 0 Å². The maximum Gasteiger partial charge on any atom is 0.167 e. The van der Waals surface area contributed by atoms with Gasteiger partial charge in [0.1, 0.15) is 0 Å². The predicted molar refractivity (Wildman–Crippen MR) is 70.2 cm³/mol. The highest BCUT2D eigenvalue weighted by Gasteiger charge is 2.22. The number of ketones is 1. The summed E-state index contributed by atoms with van der Waals surface area (Å²) in [6.07, 6.45) is 3.51. The van der Waals surface area contributed by atoms with Crippen LogP contribution >= 0.6 is 0 Å². The molecule has 1 aromatic carbocycles. The molecule has 1 unspecified atom stereocenters. The van der Waals surface area contributed by atoms with Crippen LogP contribution in [-0.2, 0) is 0 Å². The maximum atomic E-state index is 12.3. The molecule has 0 radical (unpaired) electrons. The zero-order valence-corrected chi connectivity index (χ0v) is 10.6. The Kier molecular flexibility index (Phi) is 4.32. The molecule has 1 aliphatic heterocycles. The molecule has 2 rings (SSSR count). The van der Waals surface area contributed by atoms with Gasteiger partial charge in [0.25, 0.3) is 0 Å². The lowest BCUT2D eigenvalue weighted by Crippen LogP contribution is -2.31. The second-order valence-electron chi connectivity index (χ2n) is 4.84. The Morgan fingerprint density at radius 2 is 1.88 bits per heavy atom. The first kappa shape index (κ1) is 12.3. The smallest absolute Gasteiger partial charge is 0.167 e. The molecule has 2 nitrogen and oxygen atoms in total. The van der Waals surface area contributed by atoms with Crippen molar-refractivity contribution in [3.8, 4) is 0 Å². The lowest BCUT2D eigenvalue weighted by Gasteiger charge is -2.21. The molecule has 1 saturated heterocycles. The SMILES string of the molecule is CCC(CN1CCCC1)C(=O)c1ccccc1. The third kappa shape index (κ3) is 3.16. The van der Waals surface area contributed by atoms with Gasteiger partial charge in [-0.2, -0.15) is 0 Å². The molecular formula is C15H21NO. The normalized spacial score (nSPS) is 18.2. The predicted octanol–water partition coefficient (Wildman–Crippen LogP) is 2.99. The van der Waals surface area contributed by atoms with Crippen LogP contribution in [0, 0.1) is 5.92 Å². The zero-order chi connectivity index (χ0) is 12.1. The summed E-state index contributed by atoms with van der Waals surface area (Å²) in [7, 11) is 0. The van der Waals surface area contributed by atoms with E-state index in [1.54, 1.807) is 0 Å². The van der Waals surface area contributed by atoms with Gasteiger partial charge in [0.2, 0.25) is 0 Å². The number of carbonyl (C=O) groups is 1. The number of carbonyl (C=O) groups excluding carboxylic acids is 1. The van der Waals surface area contributed by atoms with Crippen molar-refractivity contribution >= 4 is 5.78 Å². The number of hydrogen-bond donors (Lipinski definition) is 0. The fourth-order valence-corrected chi connectivity index (χ4v) is 2.51. The molecule has 0 bridgehead atoms. The van der Waals surface area contributed by atoms with Crippen LogP contribution < -0.4 is 0 Å². The minimum Gasteiger partial charge on any atom is -0.303 e. The average Bonchev–Trinajstić information content (AvgIpc) is 2.89. The summed E-state index contributed by atoms with van der Waals surface area (Å²) in [6, 6.07) is 9.69. The molecule has 0 spiro atoms. The zero-order valence-electron chi connectivity index (χ0n) is 10.6. The molecule has 1 aromatic rings. The Balaban J connectivity index is 2.00. The van der Waals surface area contributed by atoms with Crippen molar-refractivity contribution in [3.05, 3.63) is 35.9 Å². The van der Waals surface area contributed by atoms with Crippen molar-refractivity contribution < 1.29 is 4.79 Å². The number of likely N-dealkylation sites (tertiary alicyclic amines) is 1. The van der Waals surface area contributed by atoms with E-state index in [4.69, 9.17) is 0 Å². The van der Waals surface area contributed by atoms with Crippen molar-refractivity contribution in [2.24, 2.45) is 5.92 Å². The summed E-state index contributed by atoms with van der Waals surface area (Å²) in [5, 5.41) is 0. The van der Waals surface area contributed by atoms with Crippen molar-refractivity contribution in [1.82, 2.24) is 4.90 Å². The van der Waals surface area contributed by atoms with Crippen LogP contribution in [0.15, 0.2) is 30.3 Å². The molecular weight excluding hydrogens is 210 g/mol. The summed E-state index contributed by atoms with van der Waals surface area (Å²) < 4.78 is 0. The lowest BCUT2D eigenvalue weighted by molar-refractivity contribution is 0.0885. The average molecular weight is 231 g/mol. The monoisotopic (exact) mass is 231 g/mol. The van der Waals surface area contributed by atoms with Crippen molar-refractivity contribution in [3.63, 3.8) is 0 Å². The van der Waals surface area contributed by atoms with Gasteiger partial charge in [0.15, 0.2) is 5.78 Å². The Morgan fingerprint density at radius 3 is 2.47 bits per heavy atom. The van der Waals surface area contributed by atoms with E-state index in [-0.39, 0.29) is 5.92 Å². The highest BCUT2D eigenvalue weighted by Crippen LogP contribution is 2.17. The number of rotatable bonds is 5.